The quantitative estimate of drug-likeness (QED) is 0.828. The molecule has 6 heteroatoms. The SMILES string of the molecule is COc1ccc(C)cc1CCNC(=O)c1cc(Cl)c(OC)c(Cl)c1. The minimum absolute atomic E-state index is 0.243. The summed E-state index contributed by atoms with van der Waals surface area (Å²) >= 11 is 12.1. The van der Waals surface area contributed by atoms with E-state index in [1.807, 2.05) is 25.1 Å². The molecular formula is C18H19Cl2NO3. The molecule has 0 aliphatic carbocycles. The second-order valence-corrected chi connectivity index (χ2v) is 6.11. The maximum atomic E-state index is 12.3. The molecule has 0 fully saturated rings. The Bertz CT molecular complexity index is 724. The Morgan fingerprint density at radius 3 is 2.33 bits per heavy atom. The highest BCUT2D eigenvalue weighted by Gasteiger charge is 2.13. The van der Waals surface area contributed by atoms with E-state index in [1.165, 1.54) is 19.2 Å². The van der Waals surface area contributed by atoms with E-state index in [4.69, 9.17) is 32.7 Å². The Kier molecular flexibility index (Phi) is 6.35. The number of halogens is 2. The fourth-order valence-corrected chi connectivity index (χ4v) is 3.04. The van der Waals surface area contributed by atoms with Crippen molar-refractivity contribution in [1.82, 2.24) is 5.32 Å². The van der Waals surface area contributed by atoms with E-state index in [2.05, 4.69) is 5.32 Å². The van der Waals surface area contributed by atoms with Crippen molar-refractivity contribution in [3.63, 3.8) is 0 Å². The average molecular weight is 368 g/mol. The lowest BCUT2D eigenvalue weighted by atomic mass is 10.1. The first-order chi connectivity index (χ1) is 11.5. The second kappa shape index (κ2) is 8.27. The normalized spacial score (nSPS) is 10.4. The van der Waals surface area contributed by atoms with Crippen molar-refractivity contribution < 1.29 is 14.3 Å². The third-order valence-electron chi connectivity index (χ3n) is 3.58. The molecule has 2 aromatic carbocycles. The van der Waals surface area contributed by atoms with Crippen molar-refractivity contribution in [1.29, 1.82) is 0 Å². The van der Waals surface area contributed by atoms with E-state index in [0.29, 0.717) is 34.3 Å². The molecule has 0 radical (unpaired) electrons. The fraction of sp³-hybridized carbons (Fsp3) is 0.278. The lowest BCUT2D eigenvalue weighted by molar-refractivity contribution is 0.0954. The Balaban J connectivity index is 2.03. The average Bonchev–Trinajstić information content (AvgIpc) is 2.54. The van der Waals surface area contributed by atoms with Crippen LogP contribution >= 0.6 is 23.2 Å². The van der Waals surface area contributed by atoms with E-state index in [1.54, 1.807) is 7.11 Å². The summed E-state index contributed by atoms with van der Waals surface area (Å²) in [6, 6.07) is 9.04. The predicted octanol–water partition coefficient (Wildman–Crippen LogP) is 4.29. The first-order valence-electron chi connectivity index (χ1n) is 7.41. The molecule has 0 unspecified atom stereocenters. The standard InChI is InChI=1S/C18H19Cl2NO3/c1-11-4-5-16(23-2)12(8-11)6-7-21-18(22)13-9-14(19)17(24-3)15(20)10-13/h4-5,8-10H,6-7H2,1-3H3,(H,21,22). The van der Waals surface area contributed by atoms with E-state index in [9.17, 15) is 4.79 Å². The van der Waals surface area contributed by atoms with Crippen molar-refractivity contribution in [2.45, 2.75) is 13.3 Å². The van der Waals surface area contributed by atoms with Crippen LogP contribution < -0.4 is 14.8 Å². The van der Waals surface area contributed by atoms with Crippen LogP contribution in [0.25, 0.3) is 0 Å². The molecule has 0 saturated heterocycles. The minimum atomic E-state index is -0.243. The molecular weight excluding hydrogens is 349 g/mol. The number of methoxy groups -OCH3 is 2. The summed E-state index contributed by atoms with van der Waals surface area (Å²) in [5.74, 6) is 0.929. The topological polar surface area (TPSA) is 47.6 Å². The van der Waals surface area contributed by atoms with Gasteiger partial charge in [0.2, 0.25) is 0 Å². The number of carbonyl (C=O) groups excluding carboxylic acids is 1. The number of benzene rings is 2. The molecule has 2 rings (SSSR count). The van der Waals surface area contributed by atoms with Crippen molar-refractivity contribution in [3.8, 4) is 11.5 Å². The Morgan fingerprint density at radius 1 is 1.08 bits per heavy atom. The summed E-state index contributed by atoms with van der Waals surface area (Å²) in [4.78, 5) is 12.3. The van der Waals surface area contributed by atoms with Crippen LogP contribution in [0.1, 0.15) is 21.5 Å². The van der Waals surface area contributed by atoms with Crippen molar-refractivity contribution >= 4 is 29.1 Å². The van der Waals surface area contributed by atoms with E-state index < -0.39 is 0 Å². The van der Waals surface area contributed by atoms with Crippen LogP contribution in [0.5, 0.6) is 11.5 Å². The zero-order chi connectivity index (χ0) is 17.7. The van der Waals surface area contributed by atoms with Gasteiger partial charge in [0.25, 0.3) is 5.91 Å². The molecule has 1 amide bonds. The first kappa shape index (κ1) is 18.4. The van der Waals surface area contributed by atoms with Gasteiger partial charge < -0.3 is 14.8 Å². The highest BCUT2D eigenvalue weighted by Crippen LogP contribution is 2.33. The Hall–Kier alpha value is -1.91. The highest BCUT2D eigenvalue weighted by molar-refractivity contribution is 6.37. The highest BCUT2D eigenvalue weighted by atomic mass is 35.5. The maximum Gasteiger partial charge on any atom is 0.251 e. The van der Waals surface area contributed by atoms with Crippen LogP contribution in [0.4, 0.5) is 0 Å². The number of nitrogens with one attached hydrogen (secondary N) is 1. The van der Waals surface area contributed by atoms with E-state index in [-0.39, 0.29) is 5.91 Å². The predicted molar refractivity (Wildman–Crippen MR) is 96.8 cm³/mol. The number of rotatable bonds is 6. The summed E-state index contributed by atoms with van der Waals surface area (Å²) in [6.07, 6.45) is 0.661. The van der Waals surface area contributed by atoms with Gasteiger partial charge in [-0.25, -0.2) is 0 Å². The maximum absolute atomic E-state index is 12.3. The molecule has 0 heterocycles. The fourth-order valence-electron chi connectivity index (χ4n) is 2.40. The molecule has 4 nitrogen and oxygen atoms in total. The van der Waals surface area contributed by atoms with Gasteiger partial charge in [0.1, 0.15) is 5.75 Å². The minimum Gasteiger partial charge on any atom is -0.496 e. The van der Waals surface area contributed by atoms with Crippen molar-refractivity contribution in [2.75, 3.05) is 20.8 Å². The lowest BCUT2D eigenvalue weighted by Gasteiger charge is -2.11. The van der Waals surface area contributed by atoms with Gasteiger partial charge in [0, 0.05) is 12.1 Å². The van der Waals surface area contributed by atoms with Gasteiger partial charge in [-0.2, -0.15) is 0 Å². The van der Waals surface area contributed by atoms with Crippen LogP contribution in [-0.4, -0.2) is 26.7 Å². The third-order valence-corrected chi connectivity index (χ3v) is 4.14. The van der Waals surface area contributed by atoms with Crippen molar-refractivity contribution in [3.05, 3.63) is 57.1 Å². The Labute approximate surface area is 151 Å². The van der Waals surface area contributed by atoms with Gasteiger partial charge in [-0.05, 0) is 37.1 Å². The monoisotopic (exact) mass is 367 g/mol. The molecule has 0 saturated carbocycles. The van der Waals surface area contributed by atoms with Gasteiger partial charge in [-0.15, -0.1) is 0 Å². The van der Waals surface area contributed by atoms with Crippen LogP contribution in [0.2, 0.25) is 10.0 Å². The summed E-state index contributed by atoms with van der Waals surface area (Å²) in [7, 11) is 3.11. The smallest absolute Gasteiger partial charge is 0.251 e. The molecule has 2 aromatic rings. The summed E-state index contributed by atoms with van der Waals surface area (Å²) < 4.78 is 10.4. The Morgan fingerprint density at radius 2 is 1.75 bits per heavy atom. The van der Waals surface area contributed by atoms with Gasteiger partial charge in [-0.1, -0.05) is 40.9 Å². The number of carbonyl (C=O) groups is 1. The van der Waals surface area contributed by atoms with Gasteiger partial charge in [0.05, 0.1) is 24.3 Å². The molecule has 1 N–H and O–H groups in total. The number of hydrogen-bond acceptors (Lipinski definition) is 3. The van der Waals surface area contributed by atoms with Gasteiger partial charge >= 0.3 is 0 Å². The first-order valence-corrected chi connectivity index (χ1v) is 8.16. The second-order valence-electron chi connectivity index (χ2n) is 5.29. The van der Waals surface area contributed by atoms with Crippen LogP contribution in [0.15, 0.2) is 30.3 Å². The van der Waals surface area contributed by atoms with Crippen LogP contribution in [0.3, 0.4) is 0 Å². The zero-order valence-corrected chi connectivity index (χ0v) is 15.3. The van der Waals surface area contributed by atoms with E-state index in [0.717, 1.165) is 16.9 Å². The number of hydrogen-bond donors (Lipinski definition) is 1. The number of aryl methyl sites for hydroxylation is 1. The molecule has 0 atom stereocenters. The van der Waals surface area contributed by atoms with Gasteiger partial charge in [-0.3, -0.25) is 4.79 Å². The summed E-state index contributed by atoms with van der Waals surface area (Å²) in [6.45, 7) is 2.49. The molecule has 0 aromatic heterocycles. The van der Waals surface area contributed by atoms with E-state index >= 15 is 0 Å². The third kappa shape index (κ3) is 4.34. The van der Waals surface area contributed by atoms with Crippen molar-refractivity contribution in [2.24, 2.45) is 0 Å². The van der Waals surface area contributed by atoms with Crippen LogP contribution in [-0.2, 0) is 6.42 Å². The molecule has 0 aliphatic rings. The largest absolute Gasteiger partial charge is 0.496 e. The number of amides is 1. The lowest BCUT2D eigenvalue weighted by Crippen LogP contribution is -2.25. The molecule has 128 valence electrons. The number of ether oxygens (including phenoxy) is 2. The summed E-state index contributed by atoms with van der Waals surface area (Å²) in [5.41, 5.74) is 2.58. The van der Waals surface area contributed by atoms with Gasteiger partial charge in [0.15, 0.2) is 5.75 Å². The molecule has 0 bridgehead atoms. The molecule has 0 aliphatic heterocycles. The zero-order valence-electron chi connectivity index (χ0n) is 13.8. The molecule has 0 spiro atoms. The van der Waals surface area contributed by atoms with Crippen LogP contribution in [0, 0.1) is 6.92 Å². The summed E-state index contributed by atoms with van der Waals surface area (Å²) in [5, 5.41) is 3.46. The molecule has 24 heavy (non-hydrogen) atoms.